The van der Waals surface area contributed by atoms with E-state index in [1.165, 1.54) is 4.90 Å². The number of Topliss-reactive ketones (excluding diaryl/α,β-unsaturated/α-hetero) is 1. The Kier molecular flexibility index (Phi) is 6.22. The van der Waals surface area contributed by atoms with E-state index in [0.717, 1.165) is 11.1 Å². The van der Waals surface area contributed by atoms with E-state index in [1.54, 1.807) is 32.4 Å². The number of ether oxygens (including phenoxy) is 2. The van der Waals surface area contributed by atoms with Crippen molar-refractivity contribution >= 4 is 22.6 Å². The van der Waals surface area contributed by atoms with E-state index in [0.29, 0.717) is 35.6 Å². The van der Waals surface area contributed by atoms with Crippen LogP contribution in [0.4, 0.5) is 0 Å². The van der Waals surface area contributed by atoms with Gasteiger partial charge >= 0.3 is 0 Å². The fourth-order valence-electron chi connectivity index (χ4n) is 3.35. The third-order valence-corrected chi connectivity index (χ3v) is 5.06. The minimum absolute atomic E-state index is 0.286. The molecule has 3 aromatic carbocycles. The fraction of sp³-hybridized carbons (Fsp3) is 0.154. The molecule has 32 heavy (non-hydrogen) atoms. The first-order valence-electron chi connectivity index (χ1n) is 10.3. The summed E-state index contributed by atoms with van der Waals surface area (Å²) in [7, 11) is 3.11. The van der Waals surface area contributed by atoms with Gasteiger partial charge in [0.25, 0.3) is 11.7 Å². The number of hydrogen-bond acceptors (Lipinski definition) is 4. The van der Waals surface area contributed by atoms with Gasteiger partial charge in [-0.2, -0.15) is 0 Å². The number of ketones is 1. The van der Waals surface area contributed by atoms with Gasteiger partial charge in [-0.1, -0.05) is 60.7 Å². The standard InChI is InChI=1S/C26H24N2O4/c1-28(2)26(30)25(29)22-15-27-24-21(22)13-20(31-16-18-9-5-3-6-10-18)14-23(24)32-17-19-11-7-4-8-12-19/h3-15,27H,16-17H2,1-2H3. The van der Waals surface area contributed by atoms with Gasteiger partial charge in [0.05, 0.1) is 11.1 Å². The van der Waals surface area contributed by atoms with Crippen molar-refractivity contribution in [1.82, 2.24) is 9.88 Å². The summed E-state index contributed by atoms with van der Waals surface area (Å²) in [5.41, 5.74) is 2.96. The molecule has 0 fully saturated rings. The van der Waals surface area contributed by atoms with Crippen LogP contribution in [0.5, 0.6) is 11.5 Å². The number of rotatable bonds is 8. The molecule has 6 nitrogen and oxygen atoms in total. The van der Waals surface area contributed by atoms with E-state index in [-0.39, 0.29) is 5.56 Å². The zero-order valence-corrected chi connectivity index (χ0v) is 18.0. The van der Waals surface area contributed by atoms with Gasteiger partial charge in [0, 0.05) is 31.7 Å². The summed E-state index contributed by atoms with van der Waals surface area (Å²) in [6.07, 6.45) is 1.55. The van der Waals surface area contributed by atoms with Gasteiger partial charge in [-0.25, -0.2) is 0 Å². The number of nitrogens with zero attached hydrogens (tertiary/aromatic N) is 1. The average molecular weight is 428 g/mol. The number of fused-ring (bicyclic) bond motifs is 1. The van der Waals surface area contributed by atoms with Crippen molar-refractivity contribution in [1.29, 1.82) is 0 Å². The van der Waals surface area contributed by atoms with Crippen LogP contribution in [0.1, 0.15) is 21.5 Å². The quantitative estimate of drug-likeness (QED) is 0.329. The summed E-state index contributed by atoms with van der Waals surface area (Å²) in [5, 5.41) is 0.582. The number of carbonyl (C=O) groups excluding carboxylic acids is 2. The molecule has 0 saturated heterocycles. The fourth-order valence-corrected chi connectivity index (χ4v) is 3.35. The molecule has 162 valence electrons. The van der Waals surface area contributed by atoms with Crippen molar-refractivity contribution in [3.8, 4) is 11.5 Å². The number of hydrogen-bond donors (Lipinski definition) is 1. The summed E-state index contributed by atoms with van der Waals surface area (Å²) in [4.78, 5) is 29.4. The Morgan fingerprint density at radius 3 is 2.03 bits per heavy atom. The number of likely N-dealkylation sites (N-methyl/N-ethyl adjacent to an activating group) is 1. The summed E-state index contributed by atoms with van der Waals surface area (Å²) in [5.74, 6) is -0.0788. The molecule has 4 rings (SSSR count). The number of H-pyrrole nitrogens is 1. The van der Waals surface area contributed by atoms with Crippen LogP contribution in [0, 0.1) is 0 Å². The molecule has 1 aromatic heterocycles. The number of nitrogens with one attached hydrogen (secondary N) is 1. The van der Waals surface area contributed by atoms with Gasteiger partial charge in [0.15, 0.2) is 0 Å². The maximum Gasteiger partial charge on any atom is 0.294 e. The predicted molar refractivity (Wildman–Crippen MR) is 123 cm³/mol. The first-order chi connectivity index (χ1) is 15.5. The SMILES string of the molecule is CN(C)C(=O)C(=O)c1c[nH]c2c(OCc3ccccc3)cc(OCc3ccccc3)cc12. The van der Waals surface area contributed by atoms with Crippen LogP contribution in [0.25, 0.3) is 10.9 Å². The van der Waals surface area contributed by atoms with E-state index in [9.17, 15) is 9.59 Å². The van der Waals surface area contributed by atoms with Crippen LogP contribution in [0.3, 0.4) is 0 Å². The molecule has 0 unspecified atom stereocenters. The Morgan fingerprint density at radius 1 is 0.844 bits per heavy atom. The van der Waals surface area contributed by atoms with E-state index in [2.05, 4.69) is 4.98 Å². The molecule has 4 aromatic rings. The molecule has 0 aliphatic heterocycles. The Balaban J connectivity index is 1.69. The molecule has 0 aliphatic rings. The van der Waals surface area contributed by atoms with E-state index in [4.69, 9.17) is 9.47 Å². The topological polar surface area (TPSA) is 71.6 Å². The third kappa shape index (κ3) is 4.64. The van der Waals surface area contributed by atoms with Gasteiger partial charge in [-0.3, -0.25) is 9.59 Å². The van der Waals surface area contributed by atoms with E-state index in [1.807, 2.05) is 60.7 Å². The number of benzene rings is 3. The van der Waals surface area contributed by atoms with Gasteiger partial charge in [0.1, 0.15) is 24.7 Å². The van der Waals surface area contributed by atoms with Gasteiger partial charge in [-0.05, 0) is 17.2 Å². The minimum atomic E-state index is -0.590. The highest BCUT2D eigenvalue weighted by Crippen LogP contribution is 2.34. The van der Waals surface area contributed by atoms with Crippen LogP contribution in [0.15, 0.2) is 79.0 Å². The summed E-state index contributed by atoms with van der Waals surface area (Å²) < 4.78 is 12.1. The molecule has 0 radical (unpaired) electrons. The first-order valence-corrected chi connectivity index (χ1v) is 10.3. The Morgan fingerprint density at radius 2 is 1.44 bits per heavy atom. The Hall–Kier alpha value is -4.06. The maximum atomic E-state index is 12.7. The van der Waals surface area contributed by atoms with Crippen molar-refractivity contribution < 1.29 is 19.1 Å². The molecular formula is C26H24N2O4. The van der Waals surface area contributed by atoms with Crippen LogP contribution in [-0.4, -0.2) is 35.7 Å². The number of carbonyl (C=O) groups is 2. The smallest absolute Gasteiger partial charge is 0.294 e. The van der Waals surface area contributed by atoms with Crippen LogP contribution in [0.2, 0.25) is 0 Å². The zero-order valence-electron chi connectivity index (χ0n) is 18.0. The van der Waals surface area contributed by atoms with Crippen LogP contribution >= 0.6 is 0 Å². The van der Waals surface area contributed by atoms with Crippen molar-refractivity contribution in [3.63, 3.8) is 0 Å². The Labute approximate surface area is 186 Å². The maximum absolute atomic E-state index is 12.7. The van der Waals surface area contributed by atoms with Crippen molar-refractivity contribution in [3.05, 3.63) is 95.7 Å². The lowest BCUT2D eigenvalue weighted by molar-refractivity contribution is -0.124. The number of aromatic nitrogens is 1. The van der Waals surface area contributed by atoms with E-state index >= 15 is 0 Å². The van der Waals surface area contributed by atoms with Gasteiger partial charge in [-0.15, -0.1) is 0 Å². The molecule has 1 N–H and O–H groups in total. The summed E-state index contributed by atoms with van der Waals surface area (Å²) in [6, 6.07) is 23.2. The Bertz CT molecular complexity index is 1230. The molecule has 0 spiro atoms. The van der Waals surface area contributed by atoms with Crippen molar-refractivity contribution in [2.75, 3.05) is 14.1 Å². The highest BCUT2D eigenvalue weighted by Gasteiger charge is 2.23. The van der Waals surface area contributed by atoms with Crippen molar-refractivity contribution in [2.24, 2.45) is 0 Å². The van der Waals surface area contributed by atoms with Gasteiger partial charge in [0.2, 0.25) is 0 Å². The second-order valence-corrected chi connectivity index (χ2v) is 7.62. The lowest BCUT2D eigenvalue weighted by Gasteiger charge is -2.12. The first kappa shape index (κ1) is 21.2. The molecule has 0 saturated carbocycles. The predicted octanol–water partition coefficient (Wildman–Crippen LogP) is 4.60. The largest absolute Gasteiger partial charge is 0.489 e. The molecule has 0 bridgehead atoms. The monoisotopic (exact) mass is 428 g/mol. The molecule has 6 heteroatoms. The lowest BCUT2D eigenvalue weighted by Crippen LogP contribution is -2.29. The normalized spacial score (nSPS) is 10.7. The van der Waals surface area contributed by atoms with Crippen LogP contribution in [-0.2, 0) is 18.0 Å². The molecule has 0 atom stereocenters. The average Bonchev–Trinajstić information content (AvgIpc) is 3.25. The van der Waals surface area contributed by atoms with E-state index < -0.39 is 11.7 Å². The highest BCUT2D eigenvalue weighted by atomic mass is 16.5. The minimum Gasteiger partial charge on any atom is -0.489 e. The van der Waals surface area contributed by atoms with Gasteiger partial charge < -0.3 is 19.4 Å². The number of amides is 1. The molecule has 0 aliphatic carbocycles. The highest BCUT2D eigenvalue weighted by molar-refractivity contribution is 6.44. The van der Waals surface area contributed by atoms with Crippen LogP contribution < -0.4 is 9.47 Å². The molecule has 1 heterocycles. The second kappa shape index (κ2) is 9.39. The zero-order chi connectivity index (χ0) is 22.5. The number of aromatic amines is 1. The summed E-state index contributed by atoms with van der Waals surface area (Å²) in [6.45, 7) is 0.728. The summed E-state index contributed by atoms with van der Waals surface area (Å²) >= 11 is 0. The molecular weight excluding hydrogens is 404 g/mol. The second-order valence-electron chi connectivity index (χ2n) is 7.62. The molecule has 1 amide bonds. The van der Waals surface area contributed by atoms with Crippen molar-refractivity contribution in [2.45, 2.75) is 13.2 Å². The third-order valence-electron chi connectivity index (χ3n) is 5.06. The lowest BCUT2D eigenvalue weighted by atomic mass is 10.1.